The number of nitrogens with one attached hydrogen (secondary N) is 1. The fourth-order valence-corrected chi connectivity index (χ4v) is 4.18. The summed E-state index contributed by atoms with van der Waals surface area (Å²) < 4.78 is 36.5. The van der Waals surface area contributed by atoms with Crippen LogP contribution in [0.2, 0.25) is 0 Å². The van der Waals surface area contributed by atoms with E-state index in [1.807, 2.05) is 0 Å². The van der Waals surface area contributed by atoms with Crippen LogP contribution in [-0.4, -0.2) is 19.3 Å². The van der Waals surface area contributed by atoms with Gasteiger partial charge in [0.15, 0.2) is 9.34 Å². The molecule has 2 rings (SSSR count). The van der Waals surface area contributed by atoms with E-state index in [4.69, 9.17) is 10.7 Å². The number of carbonyl (C=O) groups is 1. The van der Waals surface area contributed by atoms with E-state index in [1.54, 1.807) is 0 Å². The number of hydrogen-bond acceptors (Lipinski definition) is 5. The summed E-state index contributed by atoms with van der Waals surface area (Å²) in [6, 6.07) is 3.96. The number of halogens is 3. The first-order valence-corrected chi connectivity index (χ1v) is 9.29. The van der Waals surface area contributed by atoms with E-state index in [1.165, 1.54) is 19.1 Å². The Kier molecular flexibility index (Phi) is 4.66. The van der Waals surface area contributed by atoms with Gasteiger partial charge in [-0.2, -0.15) is 0 Å². The van der Waals surface area contributed by atoms with E-state index in [9.17, 15) is 17.6 Å². The fraction of sp³-hybridized carbons (Fsp3) is 0.0909. The molecule has 0 aliphatic rings. The minimum absolute atomic E-state index is 0.0269. The number of aryl methyl sites for hydroxylation is 1. The summed E-state index contributed by atoms with van der Waals surface area (Å²) in [5.74, 6) is -1.44. The second kappa shape index (κ2) is 5.99. The second-order valence-corrected chi connectivity index (χ2v) is 8.58. The van der Waals surface area contributed by atoms with Crippen molar-refractivity contribution in [1.29, 1.82) is 0 Å². The van der Waals surface area contributed by atoms with Crippen molar-refractivity contribution in [3.8, 4) is 0 Å². The molecule has 0 atom stereocenters. The fourth-order valence-electron chi connectivity index (χ4n) is 1.50. The molecule has 1 aromatic carbocycles. The van der Waals surface area contributed by atoms with Crippen LogP contribution in [-0.2, 0) is 9.05 Å². The number of rotatable bonds is 3. The van der Waals surface area contributed by atoms with Crippen LogP contribution in [0.5, 0.6) is 0 Å². The average molecular weight is 414 g/mol. The van der Waals surface area contributed by atoms with Crippen LogP contribution in [0.15, 0.2) is 26.9 Å². The lowest BCUT2D eigenvalue weighted by Crippen LogP contribution is -2.13. The molecule has 0 bridgehead atoms. The lowest BCUT2D eigenvalue weighted by atomic mass is 10.2. The summed E-state index contributed by atoms with van der Waals surface area (Å²) in [5, 5.41) is 2.37. The number of amides is 1. The molecule has 0 aliphatic heterocycles. The van der Waals surface area contributed by atoms with Gasteiger partial charge < -0.3 is 0 Å². The normalized spacial score (nSPS) is 11.4. The predicted molar refractivity (Wildman–Crippen MR) is 81.9 cm³/mol. The van der Waals surface area contributed by atoms with E-state index in [-0.39, 0.29) is 20.6 Å². The van der Waals surface area contributed by atoms with Gasteiger partial charge in [0.05, 0.1) is 11.3 Å². The highest BCUT2D eigenvalue weighted by atomic mass is 79.9. The largest absolute Gasteiger partial charge is 0.298 e. The highest BCUT2D eigenvalue weighted by Gasteiger charge is 2.21. The van der Waals surface area contributed by atoms with Crippen LogP contribution < -0.4 is 5.32 Å². The van der Waals surface area contributed by atoms with Gasteiger partial charge in [0.2, 0.25) is 0 Å². The second-order valence-electron chi connectivity index (χ2n) is 3.91. The molecule has 1 heterocycles. The molecule has 5 nitrogen and oxygen atoms in total. The topological polar surface area (TPSA) is 76.1 Å². The predicted octanol–water partition coefficient (Wildman–Crippen LogP) is 3.53. The van der Waals surface area contributed by atoms with Gasteiger partial charge in [-0.25, -0.2) is 17.8 Å². The van der Waals surface area contributed by atoms with Crippen LogP contribution in [0.25, 0.3) is 0 Å². The molecule has 1 aromatic heterocycles. The standard InChI is InChI=1S/C11H7BrClFN2O3S2/c1-5-10(21(13,18)19)20-11(15-5)16-9(17)7-3-2-6(12)4-8(7)14/h2-4H,1H3,(H,15,16,17). The number of benzene rings is 1. The minimum Gasteiger partial charge on any atom is -0.298 e. The van der Waals surface area contributed by atoms with E-state index in [2.05, 4.69) is 26.2 Å². The SMILES string of the molecule is Cc1nc(NC(=O)c2ccc(Br)cc2F)sc1S(=O)(=O)Cl. The van der Waals surface area contributed by atoms with Crippen LogP contribution in [0.3, 0.4) is 0 Å². The maximum absolute atomic E-state index is 13.7. The number of anilines is 1. The summed E-state index contributed by atoms with van der Waals surface area (Å²) in [6.07, 6.45) is 0. The third-order valence-corrected chi connectivity index (χ3v) is 6.12. The molecule has 0 radical (unpaired) electrons. The number of nitrogens with zero attached hydrogens (tertiary/aromatic N) is 1. The van der Waals surface area contributed by atoms with Gasteiger partial charge in [-0.3, -0.25) is 10.1 Å². The molecule has 112 valence electrons. The molecule has 0 unspecified atom stereocenters. The first-order chi connectivity index (χ1) is 9.68. The first kappa shape index (κ1) is 16.3. The molecule has 2 aromatic rings. The monoisotopic (exact) mass is 412 g/mol. The van der Waals surface area contributed by atoms with Crippen LogP contribution in [0.4, 0.5) is 9.52 Å². The molecule has 0 fully saturated rings. The highest BCUT2D eigenvalue weighted by Crippen LogP contribution is 2.30. The van der Waals surface area contributed by atoms with Crippen molar-refractivity contribution in [2.45, 2.75) is 11.1 Å². The Morgan fingerprint density at radius 1 is 1.48 bits per heavy atom. The molecule has 0 aliphatic carbocycles. The average Bonchev–Trinajstić information content (AvgIpc) is 2.69. The minimum atomic E-state index is -3.93. The molecular weight excluding hydrogens is 407 g/mol. The van der Waals surface area contributed by atoms with Crippen LogP contribution >= 0.6 is 37.9 Å². The van der Waals surface area contributed by atoms with E-state index in [0.717, 1.165) is 6.07 Å². The Bertz CT molecular complexity index is 823. The molecular formula is C11H7BrClFN2O3S2. The van der Waals surface area contributed by atoms with Crippen molar-refractivity contribution in [1.82, 2.24) is 4.98 Å². The number of thiazole rings is 1. The molecule has 0 spiro atoms. The Balaban J connectivity index is 2.28. The lowest BCUT2D eigenvalue weighted by Gasteiger charge is -2.03. The van der Waals surface area contributed by atoms with Crippen molar-refractivity contribution in [3.05, 3.63) is 39.7 Å². The van der Waals surface area contributed by atoms with Gasteiger partial charge in [-0.1, -0.05) is 27.3 Å². The van der Waals surface area contributed by atoms with Gasteiger partial charge in [0.1, 0.15) is 5.82 Å². The Morgan fingerprint density at radius 3 is 2.67 bits per heavy atom. The van der Waals surface area contributed by atoms with Gasteiger partial charge in [0, 0.05) is 15.2 Å². The molecule has 10 heteroatoms. The smallest absolute Gasteiger partial charge is 0.272 e. The maximum Gasteiger partial charge on any atom is 0.272 e. The molecule has 0 saturated carbocycles. The molecule has 1 amide bonds. The maximum atomic E-state index is 13.7. The zero-order valence-corrected chi connectivity index (χ0v) is 14.3. The molecule has 1 N–H and O–H groups in total. The van der Waals surface area contributed by atoms with E-state index in [0.29, 0.717) is 15.8 Å². The van der Waals surface area contributed by atoms with Crippen molar-refractivity contribution in [3.63, 3.8) is 0 Å². The van der Waals surface area contributed by atoms with Gasteiger partial charge in [0.25, 0.3) is 15.0 Å². The highest BCUT2D eigenvalue weighted by molar-refractivity contribution is 9.10. The van der Waals surface area contributed by atoms with Gasteiger partial charge >= 0.3 is 0 Å². The summed E-state index contributed by atoms with van der Waals surface area (Å²) in [7, 11) is 1.31. The van der Waals surface area contributed by atoms with Crippen molar-refractivity contribution < 1.29 is 17.6 Å². The van der Waals surface area contributed by atoms with Crippen LogP contribution in [0, 0.1) is 12.7 Å². The number of hydrogen-bond donors (Lipinski definition) is 1. The summed E-state index contributed by atoms with van der Waals surface area (Å²) >= 11 is 3.79. The summed E-state index contributed by atoms with van der Waals surface area (Å²) in [5.41, 5.74) is -0.0112. The summed E-state index contributed by atoms with van der Waals surface area (Å²) in [6.45, 7) is 1.45. The van der Waals surface area contributed by atoms with Crippen molar-refractivity contribution in [2.75, 3.05) is 5.32 Å². The summed E-state index contributed by atoms with van der Waals surface area (Å²) in [4.78, 5) is 15.8. The quantitative estimate of drug-likeness (QED) is 0.781. The van der Waals surface area contributed by atoms with Gasteiger partial charge in [-0.05, 0) is 25.1 Å². The van der Waals surface area contributed by atoms with Crippen molar-refractivity contribution in [2.24, 2.45) is 0 Å². The Hall–Kier alpha value is -1.03. The number of carbonyl (C=O) groups excluding carboxylic acids is 1. The van der Waals surface area contributed by atoms with Crippen LogP contribution in [0.1, 0.15) is 16.1 Å². The molecule has 0 saturated heterocycles. The van der Waals surface area contributed by atoms with Crippen molar-refractivity contribution >= 4 is 58.0 Å². The Morgan fingerprint density at radius 2 is 2.14 bits per heavy atom. The molecule has 21 heavy (non-hydrogen) atoms. The Labute approximate surface area is 136 Å². The van der Waals surface area contributed by atoms with Gasteiger partial charge in [-0.15, -0.1) is 0 Å². The third-order valence-electron chi connectivity index (χ3n) is 2.37. The zero-order chi connectivity index (χ0) is 15.8. The van der Waals surface area contributed by atoms with E-state index >= 15 is 0 Å². The third kappa shape index (κ3) is 3.79. The lowest BCUT2D eigenvalue weighted by molar-refractivity contribution is 0.102. The number of aromatic nitrogens is 1. The first-order valence-electron chi connectivity index (χ1n) is 5.37. The zero-order valence-electron chi connectivity index (χ0n) is 10.4. The van der Waals surface area contributed by atoms with E-state index < -0.39 is 20.8 Å².